The number of amides is 2. The maximum Gasteiger partial charge on any atom is 0.254 e. The van der Waals surface area contributed by atoms with Crippen LogP contribution in [0.15, 0.2) is 72.8 Å². The second kappa shape index (κ2) is 14.5. The van der Waals surface area contributed by atoms with Gasteiger partial charge in [0.25, 0.3) is 5.91 Å². The molecule has 0 aliphatic heterocycles. The van der Waals surface area contributed by atoms with Gasteiger partial charge < -0.3 is 21.1 Å². The molecule has 2 amide bonds. The van der Waals surface area contributed by atoms with Gasteiger partial charge in [-0.25, -0.2) is 0 Å². The zero-order valence-electron chi connectivity index (χ0n) is 22.8. The molecule has 202 valence electrons. The summed E-state index contributed by atoms with van der Waals surface area (Å²) in [5.74, 6) is -1.26. The van der Waals surface area contributed by atoms with Gasteiger partial charge in [-0.15, -0.1) is 0 Å². The van der Waals surface area contributed by atoms with Crippen molar-refractivity contribution in [2.75, 3.05) is 19.6 Å². The summed E-state index contributed by atoms with van der Waals surface area (Å²) in [5, 5.41) is 14.9. The zero-order chi connectivity index (χ0) is 27.5. The number of rotatable bonds is 14. The Morgan fingerprint density at radius 3 is 2.11 bits per heavy atom. The number of nitrogens with one attached hydrogen (secondary N) is 1. The van der Waals surface area contributed by atoms with Crippen LogP contribution in [0.2, 0.25) is 0 Å². The minimum atomic E-state index is -0.862. The van der Waals surface area contributed by atoms with Gasteiger partial charge in [-0.1, -0.05) is 80.1 Å². The molecule has 0 aliphatic rings. The first-order valence-electron chi connectivity index (χ1n) is 13.6. The van der Waals surface area contributed by atoms with Crippen molar-refractivity contribution in [3.8, 4) is 0 Å². The van der Waals surface area contributed by atoms with E-state index in [2.05, 4.69) is 29.6 Å². The van der Waals surface area contributed by atoms with E-state index >= 15 is 0 Å². The first-order chi connectivity index (χ1) is 18.3. The molecule has 0 fully saturated rings. The molecule has 3 aromatic rings. The first kappa shape index (κ1) is 29.1. The lowest BCUT2D eigenvalue weighted by Crippen LogP contribution is -2.37. The number of carbonyl (C=O) groups excluding carboxylic acids is 2. The van der Waals surface area contributed by atoms with Crippen LogP contribution in [0.1, 0.15) is 75.6 Å². The second-order valence-electron chi connectivity index (χ2n) is 9.90. The van der Waals surface area contributed by atoms with E-state index in [4.69, 9.17) is 5.73 Å². The Morgan fingerprint density at radius 1 is 0.868 bits per heavy atom. The Hall–Kier alpha value is -3.48. The van der Waals surface area contributed by atoms with Crippen molar-refractivity contribution < 1.29 is 14.7 Å². The first-order valence-corrected chi connectivity index (χ1v) is 13.6. The highest BCUT2D eigenvalue weighted by molar-refractivity contribution is 6.02. The van der Waals surface area contributed by atoms with Gasteiger partial charge in [-0.3, -0.25) is 9.59 Å². The highest BCUT2D eigenvalue weighted by Crippen LogP contribution is 2.32. The zero-order valence-corrected chi connectivity index (χ0v) is 22.8. The van der Waals surface area contributed by atoms with Crippen LogP contribution in [-0.4, -0.2) is 47.6 Å². The molecular weight excluding hydrogens is 474 g/mol. The van der Waals surface area contributed by atoms with Gasteiger partial charge in [-0.05, 0) is 55.0 Å². The maximum absolute atomic E-state index is 13.8. The van der Waals surface area contributed by atoms with Crippen molar-refractivity contribution in [1.82, 2.24) is 10.2 Å². The highest BCUT2D eigenvalue weighted by atomic mass is 16.3. The van der Waals surface area contributed by atoms with Gasteiger partial charge >= 0.3 is 0 Å². The van der Waals surface area contributed by atoms with Crippen molar-refractivity contribution in [3.63, 3.8) is 0 Å². The van der Waals surface area contributed by atoms with Gasteiger partial charge in [0.15, 0.2) is 0 Å². The standard InChI is InChI=1S/C32H41N3O3/c1-4-18-35(19-5-2)32(38)27-13-9-12-26(31(33)37)30(27)28(20-24-10-7-6-8-11-24)29(36)22-34-21-25-16-14-23(3)15-17-25/h6-17,28-29,34,36H,4-5,18-22H2,1-3H3,(H2,33,37)/t28-,29+/m1/s1. The lowest BCUT2D eigenvalue weighted by molar-refractivity contribution is 0.0751. The summed E-state index contributed by atoms with van der Waals surface area (Å²) in [6.07, 6.45) is 1.25. The van der Waals surface area contributed by atoms with E-state index in [1.54, 1.807) is 18.2 Å². The topological polar surface area (TPSA) is 95.7 Å². The molecule has 2 atom stereocenters. The molecule has 6 heteroatoms. The fourth-order valence-electron chi connectivity index (χ4n) is 4.90. The van der Waals surface area contributed by atoms with Crippen LogP contribution in [0, 0.1) is 6.92 Å². The largest absolute Gasteiger partial charge is 0.391 e. The molecule has 0 bridgehead atoms. The number of aliphatic hydroxyl groups excluding tert-OH is 1. The van der Waals surface area contributed by atoms with E-state index in [1.807, 2.05) is 56.0 Å². The number of nitrogens with two attached hydrogens (primary N) is 1. The lowest BCUT2D eigenvalue weighted by atomic mass is 9.81. The van der Waals surface area contributed by atoms with Gasteiger partial charge in [0.2, 0.25) is 5.91 Å². The quantitative estimate of drug-likeness (QED) is 0.286. The molecule has 3 aromatic carbocycles. The molecule has 0 unspecified atom stereocenters. The molecule has 0 aromatic heterocycles. The number of hydrogen-bond acceptors (Lipinski definition) is 4. The summed E-state index contributed by atoms with van der Waals surface area (Å²) in [6.45, 7) is 8.26. The minimum Gasteiger partial charge on any atom is -0.391 e. The van der Waals surface area contributed by atoms with Crippen LogP contribution >= 0.6 is 0 Å². The smallest absolute Gasteiger partial charge is 0.254 e. The summed E-state index contributed by atoms with van der Waals surface area (Å²) < 4.78 is 0. The Morgan fingerprint density at radius 2 is 1.50 bits per heavy atom. The third-order valence-electron chi connectivity index (χ3n) is 6.81. The molecule has 38 heavy (non-hydrogen) atoms. The van der Waals surface area contributed by atoms with Gasteiger partial charge in [-0.2, -0.15) is 0 Å². The Kier molecular flexibility index (Phi) is 11.1. The Labute approximate surface area is 226 Å². The second-order valence-corrected chi connectivity index (χ2v) is 9.90. The molecule has 0 spiro atoms. The van der Waals surface area contributed by atoms with E-state index in [0.29, 0.717) is 43.7 Å². The number of benzene rings is 3. The molecule has 3 rings (SSSR count). The van der Waals surface area contributed by atoms with Crippen molar-refractivity contribution in [1.29, 1.82) is 0 Å². The van der Waals surface area contributed by atoms with Crippen molar-refractivity contribution in [2.45, 2.75) is 58.6 Å². The molecule has 0 saturated carbocycles. The lowest BCUT2D eigenvalue weighted by Gasteiger charge is -2.29. The molecule has 0 heterocycles. The fourth-order valence-corrected chi connectivity index (χ4v) is 4.90. The summed E-state index contributed by atoms with van der Waals surface area (Å²) in [5.41, 5.74) is 10.4. The van der Waals surface area contributed by atoms with Crippen LogP contribution in [0.25, 0.3) is 0 Å². The molecule has 4 N–H and O–H groups in total. The van der Waals surface area contributed by atoms with Gasteiger partial charge in [0.1, 0.15) is 0 Å². The number of primary amides is 1. The fraction of sp³-hybridized carbons (Fsp3) is 0.375. The highest BCUT2D eigenvalue weighted by Gasteiger charge is 2.31. The monoisotopic (exact) mass is 515 g/mol. The Balaban J connectivity index is 2.00. The van der Waals surface area contributed by atoms with Crippen LogP contribution in [0.3, 0.4) is 0 Å². The molecule has 0 radical (unpaired) electrons. The molecule has 6 nitrogen and oxygen atoms in total. The average molecular weight is 516 g/mol. The average Bonchev–Trinajstić information content (AvgIpc) is 2.92. The third kappa shape index (κ3) is 7.76. The van der Waals surface area contributed by atoms with Crippen LogP contribution < -0.4 is 11.1 Å². The van der Waals surface area contributed by atoms with Gasteiger partial charge in [0.05, 0.1) is 6.10 Å². The third-order valence-corrected chi connectivity index (χ3v) is 6.81. The van der Waals surface area contributed by atoms with Crippen LogP contribution in [0.4, 0.5) is 0 Å². The summed E-state index contributed by atoms with van der Waals surface area (Å²) in [6, 6.07) is 23.2. The summed E-state index contributed by atoms with van der Waals surface area (Å²) >= 11 is 0. The number of nitrogens with zero attached hydrogens (tertiary/aromatic N) is 1. The number of aryl methyl sites for hydroxylation is 1. The van der Waals surface area contributed by atoms with Crippen molar-refractivity contribution in [2.24, 2.45) is 5.73 Å². The number of carbonyl (C=O) groups is 2. The molecular formula is C32H41N3O3. The van der Waals surface area contributed by atoms with E-state index in [9.17, 15) is 14.7 Å². The predicted octanol–water partition coefficient (Wildman–Crippen LogP) is 4.83. The maximum atomic E-state index is 13.8. The van der Waals surface area contributed by atoms with E-state index < -0.39 is 17.9 Å². The van der Waals surface area contributed by atoms with Gasteiger partial charge in [0, 0.05) is 43.2 Å². The minimum absolute atomic E-state index is 0.135. The van der Waals surface area contributed by atoms with Crippen LogP contribution in [0.5, 0.6) is 0 Å². The van der Waals surface area contributed by atoms with E-state index in [1.165, 1.54) is 5.56 Å². The SMILES string of the molecule is CCCN(CCC)C(=O)c1cccc(C(N)=O)c1[C@H](Cc1ccccc1)[C@@H](O)CNCc1ccc(C)cc1. The van der Waals surface area contributed by atoms with Crippen molar-refractivity contribution in [3.05, 3.63) is 106 Å². The predicted molar refractivity (Wildman–Crippen MR) is 153 cm³/mol. The number of hydrogen-bond donors (Lipinski definition) is 3. The number of aliphatic hydroxyl groups is 1. The summed E-state index contributed by atoms with van der Waals surface area (Å²) in [4.78, 5) is 28.3. The molecule has 0 saturated heterocycles. The Bertz CT molecular complexity index is 1170. The van der Waals surface area contributed by atoms with E-state index in [-0.39, 0.29) is 11.5 Å². The van der Waals surface area contributed by atoms with Crippen molar-refractivity contribution >= 4 is 11.8 Å². The van der Waals surface area contributed by atoms with Crippen LogP contribution in [-0.2, 0) is 13.0 Å². The van der Waals surface area contributed by atoms with E-state index in [0.717, 1.165) is 24.0 Å². The summed E-state index contributed by atoms with van der Waals surface area (Å²) in [7, 11) is 0. The normalized spacial score (nSPS) is 12.6. The molecule has 0 aliphatic carbocycles.